The predicted molar refractivity (Wildman–Crippen MR) is 189 cm³/mol. The molecular weight excluding hydrogens is 673 g/mol. The maximum Gasteiger partial charge on any atom is 0.264 e. The molecule has 0 aliphatic carbocycles. The second-order valence-corrected chi connectivity index (χ2v) is 13.9. The van der Waals surface area contributed by atoms with Crippen LogP contribution in [0.4, 0.5) is 5.69 Å². The van der Waals surface area contributed by atoms with Crippen molar-refractivity contribution in [2.45, 2.75) is 50.2 Å². The number of halogens is 2. The lowest BCUT2D eigenvalue weighted by Gasteiger charge is -2.34. The Kier molecular flexibility index (Phi) is 12.7. The molecule has 0 unspecified atom stereocenters. The maximum absolute atomic E-state index is 14.6. The van der Waals surface area contributed by atoms with Crippen LogP contribution in [0.5, 0.6) is 11.5 Å². The van der Waals surface area contributed by atoms with E-state index < -0.39 is 28.5 Å². The van der Waals surface area contributed by atoms with Gasteiger partial charge >= 0.3 is 0 Å². The van der Waals surface area contributed by atoms with Crippen molar-refractivity contribution in [1.29, 1.82) is 0 Å². The van der Waals surface area contributed by atoms with Crippen LogP contribution in [-0.4, -0.2) is 58.0 Å². The van der Waals surface area contributed by atoms with E-state index in [0.717, 1.165) is 9.87 Å². The van der Waals surface area contributed by atoms with Gasteiger partial charge in [-0.2, -0.15) is 0 Å². The van der Waals surface area contributed by atoms with Crippen LogP contribution in [0.25, 0.3) is 0 Å². The van der Waals surface area contributed by atoms with Crippen LogP contribution in [-0.2, 0) is 32.6 Å². The Morgan fingerprint density at radius 1 is 0.854 bits per heavy atom. The minimum absolute atomic E-state index is 0.0840. The van der Waals surface area contributed by atoms with Gasteiger partial charge in [-0.05, 0) is 60.9 Å². The van der Waals surface area contributed by atoms with E-state index >= 15 is 0 Å². The van der Waals surface area contributed by atoms with Crippen molar-refractivity contribution in [2.75, 3.05) is 25.1 Å². The fraction of sp³-hybridized carbons (Fsp3) is 0.278. The Balaban J connectivity index is 1.83. The number of ether oxygens (including phenoxy) is 2. The second-order valence-electron chi connectivity index (χ2n) is 11.1. The molecule has 48 heavy (non-hydrogen) atoms. The molecule has 0 bridgehead atoms. The van der Waals surface area contributed by atoms with Crippen LogP contribution >= 0.6 is 23.2 Å². The highest BCUT2D eigenvalue weighted by atomic mass is 35.5. The van der Waals surface area contributed by atoms with Gasteiger partial charge in [0.05, 0.1) is 24.8 Å². The van der Waals surface area contributed by atoms with Crippen molar-refractivity contribution in [1.82, 2.24) is 10.2 Å². The number of anilines is 1. The summed E-state index contributed by atoms with van der Waals surface area (Å²) in [6.45, 7) is 3.13. The van der Waals surface area contributed by atoms with Gasteiger partial charge in [0.15, 0.2) is 11.5 Å². The van der Waals surface area contributed by atoms with Crippen molar-refractivity contribution < 1.29 is 27.5 Å². The molecule has 0 heterocycles. The first-order chi connectivity index (χ1) is 23.0. The molecule has 0 saturated carbocycles. The van der Waals surface area contributed by atoms with Gasteiger partial charge in [0.2, 0.25) is 11.8 Å². The molecule has 4 rings (SSSR count). The number of methoxy groups -OCH3 is 2. The molecule has 254 valence electrons. The maximum atomic E-state index is 14.6. The van der Waals surface area contributed by atoms with Gasteiger partial charge in [0, 0.05) is 35.1 Å². The van der Waals surface area contributed by atoms with Crippen LogP contribution in [0.15, 0.2) is 102 Å². The van der Waals surface area contributed by atoms with Crippen LogP contribution in [0.2, 0.25) is 10.0 Å². The van der Waals surface area contributed by atoms with E-state index in [1.54, 1.807) is 48.5 Å². The summed E-state index contributed by atoms with van der Waals surface area (Å²) in [7, 11) is -1.49. The molecule has 0 fully saturated rings. The average Bonchev–Trinajstić information content (AvgIpc) is 3.09. The lowest BCUT2D eigenvalue weighted by atomic mass is 10.0. The van der Waals surface area contributed by atoms with Gasteiger partial charge in [-0.1, -0.05) is 84.7 Å². The van der Waals surface area contributed by atoms with Gasteiger partial charge in [-0.15, -0.1) is 0 Å². The number of amides is 2. The third-order valence-electron chi connectivity index (χ3n) is 7.89. The fourth-order valence-electron chi connectivity index (χ4n) is 5.06. The summed E-state index contributed by atoms with van der Waals surface area (Å²) in [5, 5.41) is 3.73. The van der Waals surface area contributed by atoms with E-state index in [0.29, 0.717) is 27.8 Å². The highest BCUT2D eigenvalue weighted by Crippen LogP contribution is 2.33. The predicted octanol–water partition coefficient (Wildman–Crippen LogP) is 6.76. The second kappa shape index (κ2) is 16.7. The van der Waals surface area contributed by atoms with Crippen LogP contribution in [0, 0.1) is 0 Å². The molecule has 12 heteroatoms. The third-order valence-corrected chi connectivity index (χ3v) is 10.3. The van der Waals surface area contributed by atoms with Gasteiger partial charge < -0.3 is 19.7 Å². The number of nitrogens with zero attached hydrogens (tertiary/aromatic N) is 2. The Bertz CT molecular complexity index is 1810. The number of hydrogen-bond acceptors (Lipinski definition) is 6. The lowest BCUT2D eigenvalue weighted by Crippen LogP contribution is -2.54. The Labute approximate surface area is 292 Å². The number of hydrogen-bond donors (Lipinski definition) is 1. The molecule has 2 atom stereocenters. The topological polar surface area (TPSA) is 105 Å². The number of sulfonamides is 1. The first kappa shape index (κ1) is 36.6. The molecule has 0 aromatic heterocycles. The fourth-order valence-corrected chi connectivity index (χ4v) is 6.95. The monoisotopic (exact) mass is 711 g/mol. The van der Waals surface area contributed by atoms with E-state index in [1.165, 1.54) is 37.3 Å². The molecule has 4 aromatic carbocycles. The van der Waals surface area contributed by atoms with E-state index in [2.05, 4.69) is 5.32 Å². The van der Waals surface area contributed by atoms with Crippen molar-refractivity contribution in [3.63, 3.8) is 0 Å². The number of nitrogens with one attached hydrogen (secondary N) is 1. The minimum Gasteiger partial charge on any atom is -0.493 e. The van der Waals surface area contributed by atoms with E-state index in [4.69, 9.17) is 32.7 Å². The molecule has 1 N–H and O–H groups in total. The zero-order valence-corrected chi connectivity index (χ0v) is 29.6. The zero-order chi connectivity index (χ0) is 34.8. The van der Waals surface area contributed by atoms with Crippen LogP contribution < -0.4 is 19.1 Å². The Morgan fingerprint density at radius 3 is 2.10 bits per heavy atom. The molecular formula is C36H39Cl2N3O6S. The molecule has 0 spiro atoms. The third kappa shape index (κ3) is 9.00. The van der Waals surface area contributed by atoms with Crippen molar-refractivity contribution in [3.05, 3.63) is 118 Å². The highest BCUT2D eigenvalue weighted by Gasteiger charge is 2.35. The molecule has 0 aliphatic rings. The number of rotatable bonds is 15. The Morgan fingerprint density at radius 2 is 1.50 bits per heavy atom. The van der Waals surface area contributed by atoms with E-state index in [-0.39, 0.29) is 41.2 Å². The summed E-state index contributed by atoms with van der Waals surface area (Å²) in [6.07, 6.45) is 0.847. The summed E-state index contributed by atoms with van der Waals surface area (Å²) in [5.74, 6) is -0.433. The van der Waals surface area contributed by atoms with Crippen LogP contribution in [0.3, 0.4) is 0 Å². The molecule has 4 aromatic rings. The Hall–Kier alpha value is -4.25. The number of carbonyl (C=O) groups is 2. The molecule has 2 amide bonds. The lowest BCUT2D eigenvalue weighted by molar-refractivity contribution is -0.140. The molecule has 0 saturated heterocycles. The summed E-state index contributed by atoms with van der Waals surface area (Å²) in [5.41, 5.74) is 1.62. The van der Waals surface area contributed by atoms with E-state index in [1.807, 2.05) is 44.2 Å². The first-order valence-electron chi connectivity index (χ1n) is 15.4. The zero-order valence-electron chi connectivity index (χ0n) is 27.2. The van der Waals surface area contributed by atoms with Crippen LogP contribution in [0.1, 0.15) is 31.4 Å². The number of benzene rings is 4. The summed E-state index contributed by atoms with van der Waals surface area (Å²) >= 11 is 12.8. The SMILES string of the molecule is CC[C@H](C)NC(=O)[C@H](Cc1ccccc1)N(Cc1ccc(Cl)cc1Cl)C(=O)CN(c1ccccc1)S(=O)(=O)c1ccc(OC)c(OC)c1. The van der Waals surface area contributed by atoms with Crippen molar-refractivity contribution >= 4 is 50.7 Å². The molecule has 0 aliphatic heterocycles. The summed E-state index contributed by atoms with van der Waals surface area (Å²) < 4.78 is 40.4. The first-order valence-corrected chi connectivity index (χ1v) is 17.6. The smallest absolute Gasteiger partial charge is 0.264 e. The molecule has 0 radical (unpaired) electrons. The summed E-state index contributed by atoms with van der Waals surface area (Å²) in [4.78, 5) is 29.9. The summed E-state index contributed by atoms with van der Waals surface area (Å²) in [6, 6.07) is 25.6. The van der Waals surface area contributed by atoms with Gasteiger partial charge in [-0.25, -0.2) is 8.42 Å². The quantitative estimate of drug-likeness (QED) is 0.146. The average molecular weight is 713 g/mol. The normalized spacial score (nSPS) is 12.5. The van der Waals surface area contributed by atoms with Gasteiger partial charge in [-0.3, -0.25) is 13.9 Å². The standard InChI is InChI=1S/C36H39Cl2N3O6S/c1-5-25(2)39-36(43)32(20-26-12-8-6-9-13-26)40(23-27-16-17-28(37)21-31(27)38)35(42)24-41(29-14-10-7-11-15-29)48(44,45)30-18-19-33(46-3)34(22-30)47-4/h6-19,21-22,25,32H,5,20,23-24H2,1-4H3,(H,39,43)/t25-,32-/m0/s1. The van der Waals surface area contributed by atoms with Gasteiger partial charge in [0.25, 0.3) is 10.0 Å². The van der Waals surface area contributed by atoms with Gasteiger partial charge in [0.1, 0.15) is 12.6 Å². The number of carbonyl (C=O) groups excluding carboxylic acids is 2. The highest BCUT2D eigenvalue weighted by molar-refractivity contribution is 7.92. The largest absolute Gasteiger partial charge is 0.493 e. The number of para-hydroxylation sites is 1. The minimum atomic E-state index is -4.35. The van der Waals surface area contributed by atoms with E-state index in [9.17, 15) is 18.0 Å². The van der Waals surface area contributed by atoms with Crippen molar-refractivity contribution in [3.8, 4) is 11.5 Å². The van der Waals surface area contributed by atoms with Crippen molar-refractivity contribution in [2.24, 2.45) is 0 Å². The molecule has 9 nitrogen and oxygen atoms in total.